The van der Waals surface area contributed by atoms with Crippen LogP contribution in [-0.2, 0) is 0 Å². The van der Waals surface area contributed by atoms with Gasteiger partial charge in [0, 0.05) is 6.54 Å². The molecule has 0 aromatic heterocycles. The van der Waals surface area contributed by atoms with E-state index in [1.54, 1.807) is 0 Å². The van der Waals surface area contributed by atoms with Gasteiger partial charge in [-0.3, -0.25) is 0 Å². The Bertz CT molecular complexity index is 126. The molecule has 1 fully saturated rings. The summed E-state index contributed by atoms with van der Waals surface area (Å²) < 4.78 is 0. The summed E-state index contributed by atoms with van der Waals surface area (Å²) in [5.41, 5.74) is 4.92. The topological polar surface area (TPSA) is 46.2 Å². The molecule has 1 aliphatic carbocycles. The molecule has 1 atom stereocenters. The Labute approximate surface area is 75.2 Å². The molecule has 0 amide bonds. The average molecular weight is 171 g/mol. The zero-order valence-corrected chi connectivity index (χ0v) is 8.05. The van der Waals surface area contributed by atoms with Gasteiger partial charge in [-0.15, -0.1) is 0 Å². The highest BCUT2D eigenvalue weighted by Gasteiger charge is 2.30. The van der Waals surface area contributed by atoms with Crippen molar-refractivity contribution >= 4 is 0 Å². The normalized spacial score (nSPS) is 26.2. The average Bonchev–Trinajstić information content (AvgIpc) is 2.32. The van der Waals surface area contributed by atoms with Crippen LogP contribution in [0.1, 0.15) is 45.4 Å². The number of hydrogen-bond donors (Lipinski definition) is 2. The third-order valence-corrected chi connectivity index (χ3v) is 3.15. The highest BCUT2D eigenvalue weighted by molar-refractivity contribution is 4.83. The number of hydrogen-bond acceptors (Lipinski definition) is 2. The summed E-state index contributed by atoms with van der Waals surface area (Å²) in [6.07, 6.45) is 7.50. The van der Waals surface area contributed by atoms with Gasteiger partial charge < -0.3 is 10.8 Å². The summed E-state index contributed by atoms with van der Waals surface area (Å²) in [6, 6.07) is 0. The van der Waals surface area contributed by atoms with Crippen LogP contribution in [0.25, 0.3) is 0 Å². The second-order valence-electron chi connectivity index (χ2n) is 4.25. The number of rotatable bonds is 2. The van der Waals surface area contributed by atoms with Gasteiger partial charge in [-0.2, -0.15) is 0 Å². The first-order valence-electron chi connectivity index (χ1n) is 5.09. The Balaban J connectivity index is 2.47. The van der Waals surface area contributed by atoms with Crippen molar-refractivity contribution in [2.45, 2.75) is 51.0 Å². The van der Waals surface area contributed by atoms with E-state index in [9.17, 15) is 5.11 Å². The minimum absolute atomic E-state index is 0.400. The van der Waals surface area contributed by atoms with Crippen LogP contribution in [0.4, 0.5) is 0 Å². The van der Waals surface area contributed by atoms with Crippen molar-refractivity contribution < 1.29 is 5.11 Å². The summed E-state index contributed by atoms with van der Waals surface area (Å²) in [4.78, 5) is 0. The lowest BCUT2D eigenvalue weighted by molar-refractivity contribution is 0.000976. The molecule has 0 heterocycles. The van der Waals surface area contributed by atoms with Gasteiger partial charge in [-0.1, -0.05) is 25.7 Å². The van der Waals surface area contributed by atoms with Gasteiger partial charge in [0.25, 0.3) is 0 Å². The molecule has 0 saturated heterocycles. The van der Waals surface area contributed by atoms with Crippen molar-refractivity contribution in [2.75, 3.05) is 6.54 Å². The molecule has 12 heavy (non-hydrogen) atoms. The van der Waals surface area contributed by atoms with Gasteiger partial charge in [-0.25, -0.2) is 0 Å². The Morgan fingerprint density at radius 1 is 1.25 bits per heavy atom. The molecule has 3 N–H and O–H groups in total. The quantitative estimate of drug-likeness (QED) is 0.621. The van der Waals surface area contributed by atoms with Crippen LogP contribution in [0, 0.1) is 5.92 Å². The maximum Gasteiger partial charge on any atom is 0.0769 e. The lowest BCUT2D eigenvalue weighted by Crippen LogP contribution is -2.41. The molecule has 72 valence electrons. The highest BCUT2D eigenvalue weighted by atomic mass is 16.3. The molecule has 0 aromatic carbocycles. The van der Waals surface area contributed by atoms with Crippen LogP contribution in [0.5, 0.6) is 0 Å². The summed E-state index contributed by atoms with van der Waals surface area (Å²) in [5.74, 6) is 0.435. The number of nitrogens with two attached hydrogens (primary N) is 1. The van der Waals surface area contributed by atoms with Gasteiger partial charge in [0.05, 0.1) is 5.60 Å². The molecule has 0 bridgehead atoms. The largest absolute Gasteiger partial charge is 0.389 e. The Morgan fingerprint density at radius 2 is 1.75 bits per heavy atom. The van der Waals surface area contributed by atoms with Crippen LogP contribution in [0.2, 0.25) is 0 Å². The van der Waals surface area contributed by atoms with Crippen LogP contribution in [0.3, 0.4) is 0 Å². The zero-order chi connectivity index (χ0) is 9.03. The van der Waals surface area contributed by atoms with E-state index < -0.39 is 5.60 Å². The lowest BCUT2D eigenvalue weighted by atomic mass is 9.83. The molecule has 2 nitrogen and oxygen atoms in total. The van der Waals surface area contributed by atoms with Crippen molar-refractivity contribution in [1.82, 2.24) is 0 Å². The third-order valence-electron chi connectivity index (χ3n) is 3.15. The van der Waals surface area contributed by atoms with Crippen LogP contribution >= 0.6 is 0 Å². The minimum atomic E-state index is -0.621. The molecule has 0 spiro atoms. The molecular formula is C10H21NO. The number of aliphatic hydroxyl groups is 1. The van der Waals surface area contributed by atoms with Crippen molar-refractivity contribution in [2.24, 2.45) is 11.7 Å². The van der Waals surface area contributed by atoms with E-state index in [2.05, 4.69) is 0 Å². The molecule has 2 heteroatoms. The van der Waals surface area contributed by atoms with E-state index >= 15 is 0 Å². The molecule has 0 aromatic rings. The second-order valence-corrected chi connectivity index (χ2v) is 4.25. The van der Waals surface area contributed by atoms with Crippen molar-refractivity contribution in [3.8, 4) is 0 Å². The smallest absolute Gasteiger partial charge is 0.0769 e. The standard InChI is InChI=1S/C10H21NO/c1-10(12,8-11)9-6-4-2-3-5-7-9/h9,12H,2-8,11H2,1H3. The van der Waals surface area contributed by atoms with Crippen LogP contribution < -0.4 is 5.73 Å². The molecule has 1 aliphatic rings. The summed E-state index contributed by atoms with van der Waals surface area (Å²) in [7, 11) is 0. The zero-order valence-electron chi connectivity index (χ0n) is 8.05. The summed E-state index contributed by atoms with van der Waals surface area (Å²) in [6.45, 7) is 2.28. The maximum atomic E-state index is 9.95. The summed E-state index contributed by atoms with van der Waals surface area (Å²) >= 11 is 0. The SMILES string of the molecule is CC(O)(CN)C1CCCCCC1. The van der Waals surface area contributed by atoms with Gasteiger partial charge >= 0.3 is 0 Å². The molecular weight excluding hydrogens is 150 g/mol. The third kappa shape index (κ3) is 2.46. The Kier molecular flexibility index (Phi) is 3.53. The first-order valence-corrected chi connectivity index (χ1v) is 5.09. The fourth-order valence-corrected chi connectivity index (χ4v) is 2.07. The predicted octanol–water partition coefficient (Wildman–Crippen LogP) is 1.67. The van der Waals surface area contributed by atoms with E-state index in [1.165, 1.54) is 25.7 Å². The van der Waals surface area contributed by atoms with E-state index in [4.69, 9.17) is 5.73 Å². The lowest BCUT2D eigenvalue weighted by Gasteiger charge is -2.30. The van der Waals surface area contributed by atoms with Gasteiger partial charge in [-0.05, 0) is 25.7 Å². The second kappa shape index (κ2) is 4.24. The molecule has 1 saturated carbocycles. The molecule has 1 unspecified atom stereocenters. The van der Waals surface area contributed by atoms with Crippen molar-refractivity contribution in [1.29, 1.82) is 0 Å². The fourth-order valence-electron chi connectivity index (χ4n) is 2.07. The van der Waals surface area contributed by atoms with Crippen molar-refractivity contribution in [3.05, 3.63) is 0 Å². The van der Waals surface area contributed by atoms with Gasteiger partial charge in [0.15, 0.2) is 0 Å². The summed E-state index contributed by atoms with van der Waals surface area (Å²) in [5, 5.41) is 9.95. The molecule has 0 radical (unpaired) electrons. The van der Waals surface area contributed by atoms with E-state index in [1.807, 2.05) is 6.92 Å². The van der Waals surface area contributed by atoms with Crippen LogP contribution in [-0.4, -0.2) is 17.3 Å². The van der Waals surface area contributed by atoms with Crippen molar-refractivity contribution in [3.63, 3.8) is 0 Å². The minimum Gasteiger partial charge on any atom is -0.389 e. The predicted molar refractivity (Wildman–Crippen MR) is 50.9 cm³/mol. The van der Waals surface area contributed by atoms with Gasteiger partial charge in [0.1, 0.15) is 0 Å². The molecule has 0 aliphatic heterocycles. The Morgan fingerprint density at radius 3 is 2.17 bits per heavy atom. The fraction of sp³-hybridized carbons (Fsp3) is 1.00. The van der Waals surface area contributed by atoms with Gasteiger partial charge in [0.2, 0.25) is 0 Å². The van der Waals surface area contributed by atoms with E-state index in [0.717, 1.165) is 12.8 Å². The van der Waals surface area contributed by atoms with Crippen LogP contribution in [0.15, 0.2) is 0 Å². The first-order chi connectivity index (χ1) is 5.67. The first kappa shape index (κ1) is 10.0. The highest BCUT2D eigenvalue weighted by Crippen LogP contribution is 2.30. The van der Waals surface area contributed by atoms with E-state index in [0.29, 0.717) is 12.5 Å². The molecule has 1 rings (SSSR count). The maximum absolute atomic E-state index is 9.95. The van der Waals surface area contributed by atoms with E-state index in [-0.39, 0.29) is 0 Å². The monoisotopic (exact) mass is 171 g/mol. The Hall–Kier alpha value is -0.0800.